The van der Waals surface area contributed by atoms with Gasteiger partial charge in [-0.3, -0.25) is 4.99 Å². The van der Waals surface area contributed by atoms with Crippen LogP contribution in [0.5, 0.6) is 5.75 Å². The minimum absolute atomic E-state index is 0.106. The monoisotopic (exact) mass is 301 g/mol. The van der Waals surface area contributed by atoms with E-state index in [1.165, 1.54) is 6.07 Å². The molecule has 0 saturated heterocycles. The standard InChI is InChI=1S/C14H21F2N3O2/c1-10(9-20-3)19-14(17-2)18-8-11-5-4-6-12(7-11)21-13(15)16/h4-7,10,13H,8-9H2,1-3H3,(H2,17,18,19). The highest BCUT2D eigenvalue weighted by Gasteiger charge is 2.06. The molecule has 5 nitrogen and oxygen atoms in total. The van der Waals surface area contributed by atoms with Crippen molar-refractivity contribution in [3.63, 3.8) is 0 Å². The van der Waals surface area contributed by atoms with E-state index in [1.54, 1.807) is 26.3 Å². The van der Waals surface area contributed by atoms with Crippen LogP contribution in [0.25, 0.3) is 0 Å². The number of alkyl halides is 2. The van der Waals surface area contributed by atoms with Crippen molar-refractivity contribution in [3.8, 4) is 5.75 Å². The number of halogens is 2. The van der Waals surface area contributed by atoms with Gasteiger partial charge in [0.25, 0.3) is 0 Å². The zero-order valence-electron chi connectivity index (χ0n) is 12.4. The molecule has 21 heavy (non-hydrogen) atoms. The number of hydrogen-bond acceptors (Lipinski definition) is 3. The van der Waals surface area contributed by atoms with Crippen molar-refractivity contribution in [2.45, 2.75) is 26.1 Å². The minimum atomic E-state index is -2.82. The maximum Gasteiger partial charge on any atom is 0.387 e. The second-order valence-electron chi connectivity index (χ2n) is 4.45. The van der Waals surface area contributed by atoms with Crippen molar-refractivity contribution >= 4 is 5.96 Å². The van der Waals surface area contributed by atoms with Crippen molar-refractivity contribution in [3.05, 3.63) is 29.8 Å². The molecule has 1 aromatic carbocycles. The lowest BCUT2D eigenvalue weighted by Crippen LogP contribution is -2.43. The van der Waals surface area contributed by atoms with Gasteiger partial charge < -0.3 is 20.1 Å². The Kier molecular flexibility index (Phi) is 7.45. The zero-order chi connectivity index (χ0) is 15.7. The van der Waals surface area contributed by atoms with Crippen LogP contribution in [0.15, 0.2) is 29.3 Å². The van der Waals surface area contributed by atoms with Crippen LogP contribution in [0.3, 0.4) is 0 Å². The fourth-order valence-corrected chi connectivity index (χ4v) is 1.74. The third kappa shape index (κ3) is 6.89. The number of rotatable bonds is 7. The van der Waals surface area contributed by atoms with E-state index in [0.717, 1.165) is 5.56 Å². The van der Waals surface area contributed by atoms with E-state index in [2.05, 4.69) is 20.4 Å². The summed E-state index contributed by atoms with van der Waals surface area (Å²) in [6.45, 7) is 0.142. The highest BCUT2D eigenvalue weighted by atomic mass is 19.3. The van der Waals surface area contributed by atoms with Crippen molar-refractivity contribution in [2.24, 2.45) is 4.99 Å². The van der Waals surface area contributed by atoms with Crippen molar-refractivity contribution in [1.82, 2.24) is 10.6 Å². The molecule has 0 aliphatic rings. The summed E-state index contributed by atoms with van der Waals surface area (Å²) in [5, 5.41) is 6.24. The van der Waals surface area contributed by atoms with Crippen LogP contribution in [0.4, 0.5) is 8.78 Å². The molecule has 0 aliphatic heterocycles. The Balaban J connectivity index is 2.53. The summed E-state index contributed by atoms with van der Waals surface area (Å²) >= 11 is 0. The molecule has 1 aromatic rings. The summed E-state index contributed by atoms with van der Waals surface area (Å²) in [5.41, 5.74) is 0.815. The molecule has 0 radical (unpaired) electrons. The van der Waals surface area contributed by atoms with Crippen LogP contribution >= 0.6 is 0 Å². The van der Waals surface area contributed by atoms with Crippen LogP contribution in [0.2, 0.25) is 0 Å². The van der Waals surface area contributed by atoms with E-state index in [0.29, 0.717) is 19.1 Å². The predicted octanol–water partition coefficient (Wildman–Crippen LogP) is 1.99. The molecule has 0 amide bonds. The molecule has 1 unspecified atom stereocenters. The molecule has 1 atom stereocenters. The first-order valence-electron chi connectivity index (χ1n) is 6.55. The van der Waals surface area contributed by atoms with Gasteiger partial charge in [0.1, 0.15) is 5.75 Å². The van der Waals surface area contributed by atoms with E-state index < -0.39 is 6.61 Å². The Morgan fingerprint density at radius 1 is 1.38 bits per heavy atom. The number of hydrogen-bond donors (Lipinski definition) is 2. The average Bonchev–Trinajstić information content (AvgIpc) is 2.43. The van der Waals surface area contributed by atoms with Gasteiger partial charge in [0, 0.05) is 26.7 Å². The lowest BCUT2D eigenvalue weighted by Gasteiger charge is -2.17. The Morgan fingerprint density at radius 3 is 2.76 bits per heavy atom. The van der Waals surface area contributed by atoms with Crippen molar-refractivity contribution < 1.29 is 18.3 Å². The van der Waals surface area contributed by atoms with E-state index in [-0.39, 0.29) is 11.8 Å². The molecule has 7 heteroatoms. The van der Waals surface area contributed by atoms with Crippen LogP contribution in [0, 0.1) is 0 Å². The van der Waals surface area contributed by atoms with Crippen LogP contribution in [-0.2, 0) is 11.3 Å². The first-order valence-corrected chi connectivity index (χ1v) is 6.55. The van der Waals surface area contributed by atoms with Gasteiger partial charge in [0.05, 0.1) is 6.61 Å². The Labute approximate surface area is 123 Å². The molecule has 0 fully saturated rings. The second kappa shape index (κ2) is 9.12. The van der Waals surface area contributed by atoms with Crippen molar-refractivity contribution in [1.29, 1.82) is 0 Å². The van der Waals surface area contributed by atoms with Gasteiger partial charge in [0.15, 0.2) is 5.96 Å². The molecular weight excluding hydrogens is 280 g/mol. The van der Waals surface area contributed by atoms with Gasteiger partial charge in [-0.2, -0.15) is 8.78 Å². The summed E-state index contributed by atoms with van der Waals surface area (Å²) < 4.78 is 33.7. The Bertz CT molecular complexity index is 456. The maximum atomic E-state index is 12.2. The fraction of sp³-hybridized carbons (Fsp3) is 0.500. The average molecular weight is 301 g/mol. The van der Waals surface area contributed by atoms with Gasteiger partial charge in [-0.25, -0.2) is 0 Å². The van der Waals surface area contributed by atoms with Crippen LogP contribution in [-0.4, -0.2) is 39.4 Å². The first-order chi connectivity index (χ1) is 10.0. The Hall–Kier alpha value is -1.89. The number of ether oxygens (including phenoxy) is 2. The third-order valence-electron chi connectivity index (χ3n) is 2.61. The summed E-state index contributed by atoms with van der Waals surface area (Å²) in [6.07, 6.45) is 0. The number of methoxy groups -OCH3 is 1. The summed E-state index contributed by atoms with van der Waals surface area (Å²) in [7, 11) is 3.29. The fourth-order valence-electron chi connectivity index (χ4n) is 1.74. The summed E-state index contributed by atoms with van der Waals surface area (Å²) in [4.78, 5) is 4.08. The van der Waals surface area contributed by atoms with E-state index in [9.17, 15) is 8.78 Å². The largest absolute Gasteiger partial charge is 0.435 e. The molecule has 2 N–H and O–H groups in total. The molecule has 0 bridgehead atoms. The highest BCUT2D eigenvalue weighted by Crippen LogP contribution is 2.15. The van der Waals surface area contributed by atoms with Gasteiger partial charge in [-0.05, 0) is 24.6 Å². The summed E-state index contributed by atoms with van der Waals surface area (Å²) in [6, 6.07) is 6.64. The molecule has 0 heterocycles. The highest BCUT2D eigenvalue weighted by molar-refractivity contribution is 5.79. The normalized spacial score (nSPS) is 13.1. The Morgan fingerprint density at radius 2 is 2.14 bits per heavy atom. The van der Waals surface area contributed by atoms with Gasteiger partial charge in [0.2, 0.25) is 0 Å². The summed E-state index contributed by atoms with van der Waals surface area (Å²) in [5.74, 6) is 0.750. The van der Waals surface area contributed by atoms with Crippen molar-refractivity contribution in [2.75, 3.05) is 20.8 Å². The molecule has 0 spiro atoms. The number of guanidine groups is 1. The number of aliphatic imine (C=N–C) groups is 1. The molecule has 118 valence electrons. The van der Waals surface area contributed by atoms with Gasteiger partial charge in [-0.15, -0.1) is 0 Å². The zero-order valence-corrected chi connectivity index (χ0v) is 12.4. The van der Waals surface area contributed by atoms with Gasteiger partial charge in [-0.1, -0.05) is 12.1 Å². The van der Waals surface area contributed by atoms with Crippen LogP contribution < -0.4 is 15.4 Å². The number of nitrogens with zero attached hydrogens (tertiary/aromatic N) is 1. The SMILES string of the molecule is CN=C(NCc1cccc(OC(F)F)c1)NC(C)COC. The number of benzene rings is 1. The molecule has 1 rings (SSSR count). The maximum absolute atomic E-state index is 12.2. The second-order valence-corrected chi connectivity index (χ2v) is 4.45. The smallest absolute Gasteiger partial charge is 0.387 e. The lowest BCUT2D eigenvalue weighted by atomic mass is 10.2. The molecule has 0 aliphatic carbocycles. The minimum Gasteiger partial charge on any atom is -0.435 e. The molecule has 0 aromatic heterocycles. The van der Waals surface area contributed by atoms with Crippen LogP contribution in [0.1, 0.15) is 12.5 Å². The molecule has 0 saturated carbocycles. The van der Waals surface area contributed by atoms with E-state index in [4.69, 9.17) is 4.74 Å². The van der Waals surface area contributed by atoms with E-state index in [1.807, 2.05) is 13.0 Å². The third-order valence-corrected chi connectivity index (χ3v) is 2.61. The predicted molar refractivity (Wildman–Crippen MR) is 77.7 cm³/mol. The number of nitrogens with one attached hydrogen (secondary N) is 2. The van der Waals surface area contributed by atoms with E-state index >= 15 is 0 Å². The topological polar surface area (TPSA) is 54.9 Å². The lowest BCUT2D eigenvalue weighted by molar-refractivity contribution is -0.0498. The molecular formula is C14H21F2N3O2. The first kappa shape index (κ1) is 17.2. The van der Waals surface area contributed by atoms with Gasteiger partial charge >= 0.3 is 6.61 Å². The quantitative estimate of drug-likeness (QED) is 0.597.